The molecule has 3 rings (SSSR count). The molecule has 26 heavy (non-hydrogen) atoms. The molecule has 138 valence electrons. The summed E-state index contributed by atoms with van der Waals surface area (Å²) >= 11 is 0. The molecule has 2 aromatic carbocycles. The number of rotatable bonds is 7. The summed E-state index contributed by atoms with van der Waals surface area (Å²) in [6.45, 7) is 6.25. The van der Waals surface area contributed by atoms with Crippen molar-refractivity contribution in [2.24, 2.45) is 10.8 Å². The van der Waals surface area contributed by atoms with Gasteiger partial charge in [0, 0.05) is 25.0 Å². The van der Waals surface area contributed by atoms with Crippen LogP contribution in [-0.2, 0) is 5.41 Å². The van der Waals surface area contributed by atoms with E-state index in [9.17, 15) is 0 Å². The van der Waals surface area contributed by atoms with E-state index in [2.05, 4.69) is 78.1 Å². The van der Waals surface area contributed by atoms with E-state index in [-0.39, 0.29) is 5.41 Å². The van der Waals surface area contributed by atoms with E-state index < -0.39 is 0 Å². The lowest BCUT2D eigenvalue weighted by Gasteiger charge is -2.20. The van der Waals surface area contributed by atoms with Gasteiger partial charge in [0.2, 0.25) is 0 Å². The molecule has 1 aliphatic carbocycles. The zero-order valence-electron chi connectivity index (χ0n) is 15.9. The first-order chi connectivity index (χ1) is 12.5. The molecule has 1 unspecified atom stereocenters. The van der Waals surface area contributed by atoms with E-state index in [0.29, 0.717) is 6.04 Å². The highest BCUT2D eigenvalue weighted by Crippen LogP contribution is 2.45. The maximum Gasteiger partial charge on any atom is 0.106 e. The van der Waals surface area contributed by atoms with Crippen molar-refractivity contribution in [3.05, 3.63) is 59.7 Å². The zero-order chi connectivity index (χ0) is 18.6. The molecule has 0 amide bonds. The fourth-order valence-corrected chi connectivity index (χ4v) is 3.70. The van der Waals surface area contributed by atoms with Gasteiger partial charge in [-0.1, -0.05) is 38.1 Å². The summed E-state index contributed by atoms with van der Waals surface area (Å²) in [4.78, 5) is 0. The van der Waals surface area contributed by atoms with E-state index in [4.69, 9.17) is 5.73 Å². The number of hydrazone groups is 1. The number of nitrogens with one attached hydrogen (secondary N) is 2. The first kappa shape index (κ1) is 18.1. The van der Waals surface area contributed by atoms with E-state index in [0.717, 1.165) is 30.9 Å². The van der Waals surface area contributed by atoms with Crippen LogP contribution in [0.25, 0.3) is 0 Å². The molecule has 0 radical (unpaired) electrons. The molecule has 0 spiro atoms. The van der Waals surface area contributed by atoms with Crippen LogP contribution in [0.1, 0.15) is 37.4 Å². The number of nitrogens with two attached hydrogens (primary N) is 1. The largest absolute Gasteiger partial charge is 0.388 e. The summed E-state index contributed by atoms with van der Waals surface area (Å²) in [5.41, 5.74) is 10.6. The molecular weight excluding hydrogens is 322 g/mol. The van der Waals surface area contributed by atoms with Gasteiger partial charge in [-0.3, -0.25) is 5.01 Å². The minimum atomic E-state index is 0.216. The summed E-state index contributed by atoms with van der Waals surface area (Å²) < 4.78 is 0. The summed E-state index contributed by atoms with van der Waals surface area (Å²) in [5, 5.41) is 12.9. The van der Waals surface area contributed by atoms with Gasteiger partial charge in [0.15, 0.2) is 0 Å². The summed E-state index contributed by atoms with van der Waals surface area (Å²) in [5.74, 6) is 0. The molecule has 0 aromatic heterocycles. The fraction of sp³-hybridized carbons (Fsp3) is 0.381. The Balaban J connectivity index is 1.59. The normalized spacial score (nSPS) is 17.9. The molecular formula is C21H29N5. The number of anilines is 2. The second kappa shape index (κ2) is 7.68. The molecule has 0 bridgehead atoms. The number of nitrogens with zero attached hydrogens (tertiary/aromatic N) is 2. The standard InChI is InChI=1S/C21H29N5/c1-21(2)14-20(18-6-4-5-7-19(18)21)25-17-10-8-16(9-11-17)23-12-13-26(3)24-15-22/h4-11,15,20,23,25H,12-14H2,1-3H3,(H2,22,24). The summed E-state index contributed by atoms with van der Waals surface area (Å²) in [6, 6.07) is 17.6. The molecule has 1 aliphatic rings. The number of hydrogen-bond acceptors (Lipinski definition) is 4. The third-order valence-electron chi connectivity index (χ3n) is 5.03. The smallest absolute Gasteiger partial charge is 0.106 e. The molecule has 2 aromatic rings. The van der Waals surface area contributed by atoms with Gasteiger partial charge in [-0.15, -0.1) is 0 Å². The monoisotopic (exact) mass is 351 g/mol. The van der Waals surface area contributed by atoms with Crippen molar-refractivity contribution in [3.8, 4) is 0 Å². The molecule has 0 aliphatic heterocycles. The van der Waals surface area contributed by atoms with Crippen molar-refractivity contribution >= 4 is 17.7 Å². The molecule has 0 saturated heterocycles. The Labute approximate surface area is 156 Å². The van der Waals surface area contributed by atoms with Gasteiger partial charge in [0.1, 0.15) is 6.34 Å². The molecule has 0 heterocycles. The predicted octanol–water partition coefficient (Wildman–Crippen LogP) is 3.77. The van der Waals surface area contributed by atoms with E-state index >= 15 is 0 Å². The zero-order valence-corrected chi connectivity index (χ0v) is 15.9. The number of hydrogen-bond donors (Lipinski definition) is 3. The Hall–Kier alpha value is -2.69. The summed E-state index contributed by atoms with van der Waals surface area (Å²) in [6.07, 6.45) is 2.42. The Morgan fingerprint density at radius 1 is 1.15 bits per heavy atom. The van der Waals surface area contributed by atoms with Crippen molar-refractivity contribution in [1.29, 1.82) is 0 Å². The van der Waals surface area contributed by atoms with Gasteiger partial charge in [-0.25, -0.2) is 0 Å². The Kier molecular flexibility index (Phi) is 5.35. The van der Waals surface area contributed by atoms with Crippen LogP contribution in [0.5, 0.6) is 0 Å². The third-order valence-corrected chi connectivity index (χ3v) is 5.03. The highest BCUT2D eigenvalue weighted by molar-refractivity contribution is 5.56. The number of likely N-dealkylation sites (N-methyl/N-ethyl adjacent to an activating group) is 1. The van der Waals surface area contributed by atoms with Gasteiger partial charge in [0.05, 0.1) is 12.6 Å². The topological polar surface area (TPSA) is 65.7 Å². The highest BCUT2D eigenvalue weighted by Gasteiger charge is 2.36. The van der Waals surface area contributed by atoms with E-state index in [1.165, 1.54) is 17.5 Å². The van der Waals surface area contributed by atoms with Crippen LogP contribution in [0.2, 0.25) is 0 Å². The maximum absolute atomic E-state index is 5.28. The molecule has 0 saturated carbocycles. The van der Waals surface area contributed by atoms with Gasteiger partial charge in [-0.05, 0) is 47.2 Å². The first-order valence-electron chi connectivity index (χ1n) is 9.15. The van der Waals surface area contributed by atoms with Crippen molar-refractivity contribution in [2.75, 3.05) is 30.8 Å². The lowest BCUT2D eigenvalue weighted by Crippen LogP contribution is -2.21. The van der Waals surface area contributed by atoms with Gasteiger partial charge in [-0.2, -0.15) is 5.10 Å². The van der Waals surface area contributed by atoms with Gasteiger partial charge < -0.3 is 16.4 Å². The number of fused-ring (bicyclic) bond motifs is 1. The van der Waals surface area contributed by atoms with Crippen molar-refractivity contribution in [3.63, 3.8) is 0 Å². The SMILES string of the molecule is CN(CCNc1ccc(NC2CC(C)(C)c3ccccc32)cc1)/N=C\N. The predicted molar refractivity (Wildman–Crippen MR) is 111 cm³/mol. The van der Waals surface area contributed by atoms with Crippen LogP contribution < -0.4 is 16.4 Å². The van der Waals surface area contributed by atoms with Crippen LogP contribution in [0.3, 0.4) is 0 Å². The maximum atomic E-state index is 5.28. The highest BCUT2D eigenvalue weighted by atomic mass is 15.4. The van der Waals surface area contributed by atoms with Crippen LogP contribution in [0.4, 0.5) is 11.4 Å². The van der Waals surface area contributed by atoms with E-state index in [1.54, 1.807) is 0 Å². The van der Waals surface area contributed by atoms with Crippen LogP contribution in [-0.4, -0.2) is 31.5 Å². The average Bonchev–Trinajstić information content (AvgIpc) is 2.88. The van der Waals surface area contributed by atoms with Crippen LogP contribution in [0, 0.1) is 0 Å². The molecule has 4 N–H and O–H groups in total. The van der Waals surface area contributed by atoms with Gasteiger partial charge in [0.25, 0.3) is 0 Å². The second-order valence-corrected chi connectivity index (χ2v) is 7.52. The lowest BCUT2D eigenvalue weighted by molar-refractivity contribution is 0.370. The average molecular weight is 351 g/mol. The Bertz CT molecular complexity index is 751. The van der Waals surface area contributed by atoms with Gasteiger partial charge >= 0.3 is 0 Å². The fourth-order valence-electron chi connectivity index (χ4n) is 3.70. The number of benzene rings is 2. The van der Waals surface area contributed by atoms with Crippen LogP contribution in [0.15, 0.2) is 53.6 Å². The third kappa shape index (κ3) is 4.10. The molecule has 1 atom stereocenters. The van der Waals surface area contributed by atoms with Crippen LogP contribution >= 0.6 is 0 Å². The van der Waals surface area contributed by atoms with Crippen molar-refractivity contribution in [1.82, 2.24) is 5.01 Å². The lowest BCUT2D eigenvalue weighted by atomic mass is 9.86. The molecule has 5 heteroatoms. The Morgan fingerprint density at radius 3 is 2.58 bits per heavy atom. The molecule has 0 fully saturated rings. The molecule has 5 nitrogen and oxygen atoms in total. The van der Waals surface area contributed by atoms with Crippen molar-refractivity contribution in [2.45, 2.75) is 31.7 Å². The minimum absolute atomic E-state index is 0.216. The summed E-state index contributed by atoms with van der Waals surface area (Å²) in [7, 11) is 1.90. The second-order valence-electron chi connectivity index (χ2n) is 7.52. The van der Waals surface area contributed by atoms with Crippen molar-refractivity contribution < 1.29 is 0 Å². The quantitative estimate of drug-likeness (QED) is 0.404. The first-order valence-corrected chi connectivity index (χ1v) is 9.15. The minimum Gasteiger partial charge on any atom is -0.388 e. The Morgan fingerprint density at radius 2 is 1.85 bits per heavy atom. The van der Waals surface area contributed by atoms with E-state index in [1.807, 2.05) is 12.1 Å².